The first-order chi connectivity index (χ1) is 8.40. The molecule has 0 aliphatic rings. The number of methoxy groups -OCH3 is 1. The van der Waals surface area contributed by atoms with Gasteiger partial charge < -0.3 is 24.9 Å². The van der Waals surface area contributed by atoms with Crippen LogP contribution in [0.1, 0.15) is 24.5 Å². The minimum absolute atomic E-state index is 0.0451. The minimum atomic E-state index is -2.17. The van der Waals surface area contributed by atoms with Crippen molar-refractivity contribution in [3.8, 4) is 5.88 Å². The molecule has 1 heterocycles. The monoisotopic (exact) mass is 366 g/mol. The molecule has 2 N–H and O–H groups in total. The van der Waals surface area contributed by atoms with Gasteiger partial charge in [-0.2, -0.15) is 0 Å². The topological polar surface area (TPSA) is 103 Å². The average Bonchev–Trinajstić information content (AvgIpc) is 2.36. The van der Waals surface area contributed by atoms with Gasteiger partial charge in [0.25, 0.3) is 0 Å². The van der Waals surface area contributed by atoms with Crippen LogP contribution in [0.5, 0.6) is 5.88 Å². The Labute approximate surface area is 118 Å². The fraction of sp³-hybridized carbons (Fsp3) is 0.455. The number of hydrogen-bond acceptors (Lipinski definition) is 6. The van der Waals surface area contributed by atoms with E-state index < -0.39 is 18.2 Å². The van der Waals surface area contributed by atoms with Crippen LogP contribution in [0.3, 0.4) is 0 Å². The molecule has 6 nitrogen and oxygen atoms in total. The first-order valence-corrected chi connectivity index (χ1v) is 6.27. The first-order valence-electron chi connectivity index (χ1n) is 5.19. The summed E-state index contributed by atoms with van der Waals surface area (Å²) >= 11 is 1.87. The Morgan fingerprint density at radius 2 is 2.28 bits per heavy atom. The van der Waals surface area contributed by atoms with Crippen molar-refractivity contribution in [3.05, 3.63) is 20.9 Å². The highest BCUT2D eigenvalue weighted by Gasteiger charge is 2.33. The molecule has 0 radical (unpaired) electrons. The Bertz CT molecular complexity index is 465. The van der Waals surface area contributed by atoms with Gasteiger partial charge in [0, 0.05) is 11.1 Å². The summed E-state index contributed by atoms with van der Waals surface area (Å²) in [6.45, 7) is 1.02. The average molecular weight is 366 g/mol. The van der Waals surface area contributed by atoms with Gasteiger partial charge in [-0.15, -0.1) is 0 Å². The lowest BCUT2D eigenvalue weighted by Gasteiger charge is -2.30. The summed E-state index contributed by atoms with van der Waals surface area (Å²) in [7, 11) is 1.35. The number of halogens is 1. The Morgan fingerprint density at radius 1 is 1.67 bits per heavy atom. The Balaban J connectivity index is 3.56. The van der Waals surface area contributed by atoms with Crippen molar-refractivity contribution in [2.75, 3.05) is 7.11 Å². The lowest BCUT2D eigenvalue weighted by molar-refractivity contribution is -0.326. The van der Waals surface area contributed by atoms with Gasteiger partial charge >= 0.3 is 0 Å². The van der Waals surface area contributed by atoms with E-state index in [1.165, 1.54) is 20.1 Å². The van der Waals surface area contributed by atoms with E-state index in [-0.39, 0.29) is 23.4 Å². The molecule has 18 heavy (non-hydrogen) atoms. The Kier molecular flexibility index (Phi) is 4.88. The number of pyridine rings is 1. The van der Waals surface area contributed by atoms with Crippen LogP contribution in [0.25, 0.3) is 0 Å². The number of aliphatic carboxylic acids is 1. The molecule has 0 aliphatic heterocycles. The molecule has 1 aromatic heterocycles. The molecule has 100 valence electrons. The number of carbonyl (C=O) groups is 1. The number of ether oxygens (including phenoxy) is 1. The molecule has 0 spiro atoms. The molecule has 0 fully saturated rings. The molecule has 1 rings (SSSR count). The van der Waals surface area contributed by atoms with Crippen LogP contribution in [-0.4, -0.2) is 28.3 Å². The van der Waals surface area contributed by atoms with Gasteiger partial charge in [0.15, 0.2) is 0 Å². The van der Waals surface area contributed by atoms with Gasteiger partial charge in [0.2, 0.25) is 5.88 Å². The summed E-state index contributed by atoms with van der Waals surface area (Å²) in [4.78, 5) is 15.1. The number of carboxylic acids is 1. The second-order valence-corrected chi connectivity index (χ2v) is 4.75. The summed E-state index contributed by atoms with van der Waals surface area (Å²) in [6.07, 6.45) is -0.0917. The number of aliphatic hydroxyl groups excluding tert-OH is 1. The molecule has 0 saturated heterocycles. The summed E-state index contributed by atoms with van der Waals surface area (Å²) < 4.78 is 5.43. The van der Waals surface area contributed by atoms with Crippen molar-refractivity contribution in [2.24, 2.45) is 0 Å². The predicted octanol–water partition coefficient (Wildman–Crippen LogP) is -0.465. The zero-order valence-corrected chi connectivity index (χ0v) is 12.1. The number of hydrogen-bond donors (Lipinski definition) is 2. The largest absolute Gasteiger partial charge is 0.547 e. The molecular weight excluding hydrogens is 353 g/mol. The Morgan fingerprint density at radius 3 is 2.67 bits per heavy atom. The van der Waals surface area contributed by atoms with Crippen LogP contribution in [0, 0.1) is 3.70 Å². The molecule has 7 heteroatoms. The van der Waals surface area contributed by atoms with E-state index in [0.29, 0.717) is 3.70 Å². The molecular formula is C11H13INO5-. The quantitative estimate of drug-likeness (QED) is 0.540. The second kappa shape index (κ2) is 5.81. The van der Waals surface area contributed by atoms with Gasteiger partial charge in [-0.3, -0.25) is 0 Å². The number of rotatable bonds is 5. The second-order valence-electron chi connectivity index (χ2n) is 3.64. The van der Waals surface area contributed by atoms with Crippen LogP contribution in [-0.2, 0) is 17.0 Å². The highest BCUT2D eigenvalue weighted by molar-refractivity contribution is 14.1. The number of nitrogens with zero attached hydrogens (tertiary/aromatic N) is 1. The van der Waals surface area contributed by atoms with Crippen LogP contribution in [0.2, 0.25) is 0 Å². The maximum Gasteiger partial charge on any atom is 0.220 e. The van der Waals surface area contributed by atoms with Crippen molar-refractivity contribution >= 4 is 28.6 Å². The fourth-order valence-electron chi connectivity index (χ4n) is 1.65. The first kappa shape index (κ1) is 15.1. The summed E-state index contributed by atoms with van der Waals surface area (Å²) in [6, 6.07) is 1.40. The third kappa shape index (κ3) is 2.57. The zero-order valence-electron chi connectivity index (χ0n) is 9.94. The van der Waals surface area contributed by atoms with E-state index >= 15 is 0 Å². The van der Waals surface area contributed by atoms with Crippen LogP contribution in [0.15, 0.2) is 6.07 Å². The van der Waals surface area contributed by atoms with E-state index in [1.807, 2.05) is 22.6 Å². The maximum atomic E-state index is 11.1. The van der Waals surface area contributed by atoms with E-state index in [9.17, 15) is 20.1 Å². The fourth-order valence-corrected chi connectivity index (χ4v) is 2.18. The van der Waals surface area contributed by atoms with Crippen molar-refractivity contribution in [1.82, 2.24) is 4.98 Å². The van der Waals surface area contributed by atoms with Gasteiger partial charge in [-0.25, -0.2) is 4.98 Å². The molecule has 1 atom stereocenters. The predicted molar refractivity (Wildman–Crippen MR) is 68.6 cm³/mol. The molecule has 0 unspecified atom stereocenters. The third-order valence-corrected chi connectivity index (χ3v) is 3.25. The van der Waals surface area contributed by atoms with Gasteiger partial charge in [0.1, 0.15) is 9.30 Å². The van der Waals surface area contributed by atoms with Gasteiger partial charge in [0.05, 0.1) is 19.7 Å². The summed E-state index contributed by atoms with van der Waals surface area (Å²) in [5, 5.41) is 30.6. The highest BCUT2D eigenvalue weighted by Crippen LogP contribution is 2.33. The van der Waals surface area contributed by atoms with E-state index in [4.69, 9.17) is 4.74 Å². The van der Waals surface area contributed by atoms with E-state index in [1.54, 1.807) is 0 Å². The molecule has 0 saturated carbocycles. The molecule has 0 amide bonds. The lowest BCUT2D eigenvalue weighted by Crippen LogP contribution is -2.46. The number of aromatic nitrogens is 1. The third-order valence-electron chi connectivity index (χ3n) is 2.70. The van der Waals surface area contributed by atoms with Gasteiger partial charge in [-0.1, -0.05) is 6.92 Å². The molecule has 1 aromatic rings. The van der Waals surface area contributed by atoms with Gasteiger partial charge in [-0.05, 0) is 35.1 Å². The number of carbonyl (C=O) groups excluding carboxylic acids is 1. The Hall–Kier alpha value is -0.930. The minimum Gasteiger partial charge on any atom is -0.547 e. The maximum absolute atomic E-state index is 11.1. The van der Waals surface area contributed by atoms with E-state index in [0.717, 1.165) is 0 Å². The van der Waals surface area contributed by atoms with Crippen molar-refractivity contribution in [1.29, 1.82) is 0 Å². The van der Waals surface area contributed by atoms with Crippen LogP contribution >= 0.6 is 22.6 Å². The standard InChI is InChI=1S/C11H14INO5/c1-3-11(17,10(15)16)7-4-8(12)13-9(18-2)6(7)5-14/h4,14,17H,3,5H2,1-2H3,(H,15,16)/p-1/t11-/m0/s1. The van der Waals surface area contributed by atoms with E-state index in [2.05, 4.69) is 4.98 Å². The normalized spacial score (nSPS) is 14.1. The summed E-state index contributed by atoms with van der Waals surface area (Å²) in [5.74, 6) is -1.53. The molecule has 0 aliphatic carbocycles. The van der Waals surface area contributed by atoms with Crippen molar-refractivity contribution in [2.45, 2.75) is 25.6 Å². The number of aliphatic hydroxyl groups is 2. The summed E-state index contributed by atoms with van der Waals surface area (Å²) in [5.41, 5.74) is -1.98. The van der Waals surface area contributed by atoms with Crippen LogP contribution < -0.4 is 9.84 Å². The zero-order chi connectivity index (χ0) is 13.9. The van der Waals surface area contributed by atoms with Crippen molar-refractivity contribution in [3.63, 3.8) is 0 Å². The molecule has 0 bridgehead atoms. The van der Waals surface area contributed by atoms with Crippen LogP contribution in [0.4, 0.5) is 0 Å². The smallest absolute Gasteiger partial charge is 0.220 e. The highest BCUT2D eigenvalue weighted by atomic mass is 127. The number of carboxylic acid groups (broad SMARTS) is 1. The molecule has 0 aromatic carbocycles. The van der Waals surface area contributed by atoms with Crippen molar-refractivity contribution < 1.29 is 24.9 Å². The lowest BCUT2D eigenvalue weighted by atomic mass is 9.88. The SMILES string of the molecule is CC[C@@](O)(C(=O)[O-])c1cc(I)nc(OC)c1CO.